The fourth-order valence-corrected chi connectivity index (χ4v) is 2.82. The van der Waals surface area contributed by atoms with E-state index in [0.29, 0.717) is 6.61 Å². The molecule has 0 aromatic rings. The Labute approximate surface area is 160 Å². The van der Waals surface area contributed by atoms with Gasteiger partial charge < -0.3 is 9.84 Å². The van der Waals surface area contributed by atoms with Gasteiger partial charge in [0.05, 0.1) is 19.4 Å². The summed E-state index contributed by atoms with van der Waals surface area (Å²) in [4.78, 5) is 21.5. The zero-order valence-corrected chi connectivity index (χ0v) is 16.8. The van der Waals surface area contributed by atoms with Crippen LogP contribution in [0.25, 0.3) is 0 Å². The lowest BCUT2D eigenvalue weighted by Crippen LogP contribution is -2.08. The summed E-state index contributed by atoms with van der Waals surface area (Å²) in [5, 5.41) is 8.47. The number of hydrogen-bond donors (Lipinski definition) is 1. The highest BCUT2D eigenvalue weighted by atomic mass is 16.5. The summed E-state index contributed by atoms with van der Waals surface area (Å²) in [7, 11) is 0. The average Bonchev–Trinajstić information content (AvgIpc) is 2.62. The zero-order chi connectivity index (χ0) is 19.3. The van der Waals surface area contributed by atoms with Crippen molar-refractivity contribution in [2.24, 2.45) is 0 Å². The molecule has 0 saturated heterocycles. The number of allylic oxidation sites excluding steroid dienone is 2. The standard InChI is InChI=1S/C22H40O4/c1-2-3-4-5-6-7-8-9-10-11-12-13-14-15-16-17-20-26-22(25)19-18-21(23)24/h9-10H,2-8,11-20H2,1H3,(H,23,24)/b10-9-. The number of ether oxygens (including phenoxy) is 1. The van der Waals surface area contributed by atoms with Crippen molar-refractivity contribution < 1.29 is 19.4 Å². The normalized spacial score (nSPS) is 11.1. The molecule has 0 spiro atoms. The summed E-state index contributed by atoms with van der Waals surface area (Å²) in [6, 6.07) is 0. The van der Waals surface area contributed by atoms with Gasteiger partial charge in [-0.25, -0.2) is 0 Å². The Balaban J connectivity index is 3.18. The molecule has 0 saturated carbocycles. The molecule has 152 valence electrons. The Morgan fingerprint density at radius 1 is 0.731 bits per heavy atom. The van der Waals surface area contributed by atoms with Crippen LogP contribution in [0.5, 0.6) is 0 Å². The van der Waals surface area contributed by atoms with Gasteiger partial charge in [-0.1, -0.05) is 76.9 Å². The molecular formula is C22H40O4. The molecule has 0 amide bonds. The van der Waals surface area contributed by atoms with Gasteiger partial charge in [-0.2, -0.15) is 0 Å². The summed E-state index contributed by atoms with van der Waals surface area (Å²) < 4.78 is 5.00. The molecule has 4 nitrogen and oxygen atoms in total. The van der Waals surface area contributed by atoms with Gasteiger partial charge in [0.15, 0.2) is 0 Å². The van der Waals surface area contributed by atoms with Crippen molar-refractivity contribution in [1.29, 1.82) is 0 Å². The Kier molecular flexibility index (Phi) is 19.0. The van der Waals surface area contributed by atoms with Gasteiger partial charge in [0, 0.05) is 0 Å². The molecule has 0 rings (SSSR count). The number of aliphatic carboxylic acids is 1. The number of carboxylic acids is 1. The van der Waals surface area contributed by atoms with Crippen molar-refractivity contribution in [3.05, 3.63) is 12.2 Å². The highest BCUT2D eigenvalue weighted by Crippen LogP contribution is 2.10. The van der Waals surface area contributed by atoms with Crippen LogP contribution in [0, 0.1) is 0 Å². The van der Waals surface area contributed by atoms with Crippen molar-refractivity contribution >= 4 is 11.9 Å². The first-order chi connectivity index (χ1) is 12.7. The molecule has 0 atom stereocenters. The second-order valence-corrected chi connectivity index (χ2v) is 7.05. The zero-order valence-electron chi connectivity index (χ0n) is 16.8. The van der Waals surface area contributed by atoms with E-state index in [1.165, 1.54) is 77.0 Å². The fraction of sp³-hybridized carbons (Fsp3) is 0.818. The number of unbranched alkanes of at least 4 members (excludes halogenated alkanes) is 12. The van der Waals surface area contributed by atoms with E-state index in [-0.39, 0.29) is 12.8 Å². The second kappa shape index (κ2) is 20.0. The minimum atomic E-state index is -0.959. The molecule has 1 N–H and O–H groups in total. The number of hydrogen-bond acceptors (Lipinski definition) is 3. The third-order valence-electron chi connectivity index (χ3n) is 4.46. The first-order valence-corrected chi connectivity index (χ1v) is 10.7. The molecule has 26 heavy (non-hydrogen) atoms. The molecule has 0 fully saturated rings. The molecule has 0 bridgehead atoms. The summed E-state index contributed by atoms with van der Waals surface area (Å²) in [5.41, 5.74) is 0. The van der Waals surface area contributed by atoms with Crippen LogP contribution in [-0.4, -0.2) is 23.7 Å². The lowest BCUT2D eigenvalue weighted by molar-refractivity contribution is -0.147. The predicted octanol–water partition coefficient (Wildman–Crippen LogP) is 6.43. The highest BCUT2D eigenvalue weighted by Gasteiger charge is 2.05. The van der Waals surface area contributed by atoms with E-state index in [4.69, 9.17) is 9.84 Å². The molecule has 0 heterocycles. The average molecular weight is 369 g/mol. The molecule has 0 aromatic heterocycles. The first kappa shape index (κ1) is 24.7. The number of esters is 1. The minimum Gasteiger partial charge on any atom is -0.481 e. The van der Waals surface area contributed by atoms with Crippen LogP contribution < -0.4 is 0 Å². The highest BCUT2D eigenvalue weighted by molar-refractivity contribution is 5.76. The van der Waals surface area contributed by atoms with Gasteiger partial charge >= 0.3 is 11.9 Å². The largest absolute Gasteiger partial charge is 0.481 e. The fourth-order valence-electron chi connectivity index (χ4n) is 2.82. The molecule has 0 aliphatic rings. The number of carbonyl (C=O) groups is 2. The van der Waals surface area contributed by atoms with Crippen LogP contribution in [0.4, 0.5) is 0 Å². The first-order valence-electron chi connectivity index (χ1n) is 10.7. The summed E-state index contributed by atoms with van der Waals surface area (Å²) in [6.07, 6.45) is 22.0. The lowest BCUT2D eigenvalue weighted by atomic mass is 10.1. The van der Waals surface area contributed by atoms with E-state index in [1.807, 2.05) is 0 Å². The maximum atomic E-state index is 11.2. The molecule has 0 unspecified atom stereocenters. The second-order valence-electron chi connectivity index (χ2n) is 7.05. The predicted molar refractivity (Wildman–Crippen MR) is 107 cm³/mol. The van der Waals surface area contributed by atoms with Crippen molar-refractivity contribution in [1.82, 2.24) is 0 Å². The van der Waals surface area contributed by atoms with E-state index in [2.05, 4.69) is 19.1 Å². The minimum absolute atomic E-state index is 0.0261. The van der Waals surface area contributed by atoms with Gasteiger partial charge in [-0.15, -0.1) is 0 Å². The maximum absolute atomic E-state index is 11.2. The SMILES string of the molecule is CCCCCCCC/C=C\CCCCCCCCOC(=O)CCC(=O)O. The molecule has 4 heteroatoms. The van der Waals surface area contributed by atoms with Gasteiger partial charge in [0.25, 0.3) is 0 Å². The van der Waals surface area contributed by atoms with E-state index in [0.717, 1.165) is 12.8 Å². The summed E-state index contributed by atoms with van der Waals surface area (Å²) >= 11 is 0. The third-order valence-corrected chi connectivity index (χ3v) is 4.46. The van der Waals surface area contributed by atoms with E-state index >= 15 is 0 Å². The van der Waals surface area contributed by atoms with Crippen LogP contribution in [-0.2, 0) is 14.3 Å². The van der Waals surface area contributed by atoms with Crippen molar-refractivity contribution in [2.75, 3.05) is 6.61 Å². The van der Waals surface area contributed by atoms with Crippen LogP contribution >= 0.6 is 0 Å². The molecule has 0 radical (unpaired) electrons. The van der Waals surface area contributed by atoms with E-state index < -0.39 is 11.9 Å². The van der Waals surface area contributed by atoms with Crippen LogP contribution in [0.3, 0.4) is 0 Å². The van der Waals surface area contributed by atoms with Gasteiger partial charge in [-0.05, 0) is 32.1 Å². The summed E-state index contributed by atoms with van der Waals surface area (Å²) in [6.45, 7) is 2.67. The molecule has 0 aliphatic carbocycles. The van der Waals surface area contributed by atoms with Crippen LogP contribution in [0.1, 0.15) is 110 Å². The van der Waals surface area contributed by atoms with Crippen molar-refractivity contribution in [3.63, 3.8) is 0 Å². The summed E-state index contributed by atoms with van der Waals surface area (Å²) in [5.74, 6) is -1.36. The Hall–Kier alpha value is -1.32. The molecule has 0 aliphatic heterocycles. The Morgan fingerprint density at radius 3 is 1.77 bits per heavy atom. The van der Waals surface area contributed by atoms with E-state index in [9.17, 15) is 9.59 Å². The third kappa shape index (κ3) is 20.7. The smallest absolute Gasteiger partial charge is 0.306 e. The van der Waals surface area contributed by atoms with Crippen LogP contribution in [0.2, 0.25) is 0 Å². The van der Waals surface area contributed by atoms with Gasteiger partial charge in [0.2, 0.25) is 0 Å². The van der Waals surface area contributed by atoms with Crippen molar-refractivity contribution in [3.8, 4) is 0 Å². The quantitative estimate of drug-likeness (QED) is 0.162. The lowest BCUT2D eigenvalue weighted by Gasteiger charge is -2.04. The van der Waals surface area contributed by atoms with Crippen molar-refractivity contribution in [2.45, 2.75) is 110 Å². The number of rotatable bonds is 19. The number of carboxylic acid groups (broad SMARTS) is 1. The Morgan fingerprint density at radius 2 is 1.23 bits per heavy atom. The van der Waals surface area contributed by atoms with Gasteiger partial charge in [-0.3, -0.25) is 9.59 Å². The van der Waals surface area contributed by atoms with Gasteiger partial charge in [0.1, 0.15) is 0 Å². The number of carbonyl (C=O) groups excluding carboxylic acids is 1. The van der Waals surface area contributed by atoms with E-state index in [1.54, 1.807) is 0 Å². The van der Waals surface area contributed by atoms with Crippen LogP contribution in [0.15, 0.2) is 12.2 Å². The molecule has 0 aromatic carbocycles. The molecular weight excluding hydrogens is 328 g/mol. The monoisotopic (exact) mass is 368 g/mol. The Bertz CT molecular complexity index is 363. The maximum Gasteiger partial charge on any atom is 0.306 e. The topological polar surface area (TPSA) is 63.6 Å².